The van der Waals surface area contributed by atoms with Gasteiger partial charge in [0.15, 0.2) is 5.13 Å². The quantitative estimate of drug-likeness (QED) is 0.760. The fraction of sp³-hybridized carbons (Fsp3) is 0.400. The molecule has 1 N–H and O–H groups in total. The molecule has 1 heterocycles. The van der Waals surface area contributed by atoms with Gasteiger partial charge in [0, 0.05) is 32.1 Å². The Bertz CT molecular complexity index is 561. The van der Waals surface area contributed by atoms with Crippen LogP contribution in [0.4, 0.5) is 15.2 Å². The molecule has 0 amide bonds. The third kappa shape index (κ3) is 4.23. The first-order valence-corrected chi connectivity index (χ1v) is 7.80. The Hall–Kier alpha value is -1.50. The topological polar surface area (TPSA) is 37.4 Å². The lowest BCUT2D eigenvalue weighted by Gasteiger charge is -2.20. The third-order valence-corrected chi connectivity index (χ3v) is 3.93. The molecule has 0 aliphatic heterocycles. The lowest BCUT2D eigenvalue weighted by Crippen LogP contribution is -2.19. The highest BCUT2D eigenvalue weighted by molar-refractivity contribution is 7.13. The molecule has 114 valence electrons. The predicted molar refractivity (Wildman–Crippen MR) is 84.8 cm³/mol. The van der Waals surface area contributed by atoms with Crippen LogP contribution in [0, 0.1) is 5.82 Å². The van der Waals surface area contributed by atoms with Crippen LogP contribution in [0.1, 0.15) is 12.6 Å². The van der Waals surface area contributed by atoms with Gasteiger partial charge < -0.3 is 15.0 Å². The van der Waals surface area contributed by atoms with E-state index < -0.39 is 0 Å². The Balaban J connectivity index is 2.06. The number of hydrogen-bond acceptors (Lipinski definition) is 5. The van der Waals surface area contributed by atoms with Crippen molar-refractivity contribution in [3.05, 3.63) is 41.2 Å². The maximum atomic E-state index is 13.9. The van der Waals surface area contributed by atoms with Crippen LogP contribution in [0.25, 0.3) is 0 Å². The number of ether oxygens (including phenoxy) is 1. The van der Waals surface area contributed by atoms with Crippen molar-refractivity contribution in [2.75, 3.05) is 31.7 Å². The number of nitrogens with one attached hydrogen (secondary N) is 1. The second kappa shape index (κ2) is 8.07. The van der Waals surface area contributed by atoms with E-state index in [4.69, 9.17) is 4.74 Å². The van der Waals surface area contributed by atoms with E-state index in [1.54, 1.807) is 19.2 Å². The van der Waals surface area contributed by atoms with Crippen molar-refractivity contribution in [3.63, 3.8) is 0 Å². The maximum absolute atomic E-state index is 13.9. The number of hydrogen-bond donors (Lipinski definition) is 1. The van der Waals surface area contributed by atoms with Gasteiger partial charge in [-0.15, -0.1) is 11.3 Å². The van der Waals surface area contributed by atoms with Crippen LogP contribution >= 0.6 is 11.3 Å². The molecule has 0 saturated heterocycles. The summed E-state index contributed by atoms with van der Waals surface area (Å²) >= 11 is 1.53. The molecule has 2 aromatic rings. The summed E-state index contributed by atoms with van der Waals surface area (Å²) in [7, 11) is 1.68. The summed E-state index contributed by atoms with van der Waals surface area (Å²) < 4.78 is 18.9. The summed E-state index contributed by atoms with van der Waals surface area (Å²) in [6.07, 6.45) is 0. The molecule has 2 rings (SSSR count). The van der Waals surface area contributed by atoms with E-state index in [0.717, 1.165) is 17.4 Å². The highest BCUT2D eigenvalue weighted by atomic mass is 32.1. The molecule has 0 fully saturated rings. The average Bonchev–Trinajstić information content (AvgIpc) is 2.95. The van der Waals surface area contributed by atoms with Crippen LogP contribution in [-0.2, 0) is 11.3 Å². The lowest BCUT2D eigenvalue weighted by molar-refractivity contribution is 0.199. The standard InChI is InChI=1S/C15H20FN3OS/c1-3-19(14-7-5-4-6-13(14)16)15-18-12(11-21-15)10-17-8-9-20-2/h4-7,11,17H,3,8-10H2,1-2H3. The number of para-hydroxylation sites is 1. The van der Waals surface area contributed by atoms with Gasteiger partial charge in [0.05, 0.1) is 18.0 Å². The Morgan fingerprint density at radius 1 is 1.38 bits per heavy atom. The Labute approximate surface area is 128 Å². The zero-order valence-corrected chi connectivity index (χ0v) is 13.1. The maximum Gasteiger partial charge on any atom is 0.190 e. The summed E-state index contributed by atoms with van der Waals surface area (Å²) in [6.45, 7) is 4.81. The van der Waals surface area contributed by atoms with Gasteiger partial charge in [-0.05, 0) is 19.1 Å². The van der Waals surface area contributed by atoms with Gasteiger partial charge in [0.2, 0.25) is 0 Å². The summed E-state index contributed by atoms with van der Waals surface area (Å²) in [5.74, 6) is -0.227. The fourth-order valence-corrected chi connectivity index (χ4v) is 2.87. The molecule has 0 spiro atoms. The van der Waals surface area contributed by atoms with Gasteiger partial charge in [0.1, 0.15) is 5.82 Å². The van der Waals surface area contributed by atoms with Crippen molar-refractivity contribution in [1.82, 2.24) is 10.3 Å². The Morgan fingerprint density at radius 2 is 2.19 bits per heavy atom. The predicted octanol–water partition coefficient (Wildman–Crippen LogP) is 3.18. The highest BCUT2D eigenvalue weighted by Gasteiger charge is 2.14. The molecule has 0 radical (unpaired) electrons. The first kappa shape index (κ1) is 15.9. The van der Waals surface area contributed by atoms with Crippen LogP contribution in [0.2, 0.25) is 0 Å². The van der Waals surface area contributed by atoms with Crippen molar-refractivity contribution in [3.8, 4) is 0 Å². The highest BCUT2D eigenvalue weighted by Crippen LogP contribution is 2.30. The van der Waals surface area contributed by atoms with Crippen LogP contribution in [0.3, 0.4) is 0 Å². The SMILES string of the molecule is CCN(c1nc(CNCCOC)cs1)c1ccccc1F. The summed E-state index contributed by atoms with van der Waals surface area (Å²) in [6, 6.07) is 6.77. The van der Waals surface area contributed by atoms with Gasteiger partial charge in [-0.25, -0.2) is 9.37 Å². The molecule has 0 saturated carbocycles. The average molecular weight is 309 g/mol. The zero-order valence-electron chi connectivity index (χ0n) is 12.3. The van der Waals surface area contributed by atoms with Crippen molar-refractivity contribution in [2.24, 2.45) is 0 Å². The number of nitrogens with zero attached hydrogens (tertiary/aromatic N) is 2. The molecule has 1 aromatic carbocycles. The van der Waals surface area contributed by atoms with E-state index in [-0.39, 0.29) is 5.82 Å². The van der Waals surface area contributed by atoms with Crippen LogP contribution in [-0.4, -0.2) is 31.8 Å². The minimum Gasteiger partial charge on any atom is -0.383 e. The van der Waals surface area contributed by atoms with Gasteiger partial charge in [-0.1, -0.05) is 12.1 Å². The molecule has 0 atom stereocenters. The molecule has 6 heteroatoms. The van der Waals surface area contributed by atoms with E-state index in [1.165, 1.54) is 17.4 Å². The van der Waals surface area contributed by atoms with Gasteiger partial charge >= 0.3 is 0 Å². The van der Waals surface area contributed by atoms with Crippen molar-refractivity contribution in [1.29, 1.82) is 0 Å². The zero-order chi connectivity index (χ0) is 15.1. The summed E-state index contributed by atoms with van der Waals surface area (Å²) in [5.41, 5.74) is 1.52. The van der Waals surface area contributed by atoms with Gasteiger partial charge in [-0.2, -0.15) is 0 Å². The van der Waals surface area contributed by atoms with Gasteiger partial charge in [0.25, 0.3) is 0 Å². The van der Waals surface area contributed by atoms with Crippen molar-refractivity contribution in [2.45, 2.75) is 13.5 Å². The normalized spacial score (nSPS) is 10.8. The van der Waals surface area contributed by atoms with Gasteiger partial charge in [-0.3, -0.25) is 0 Å². The lowest BCUT2D eigenvalue weighted by atomic mass is 10.3. The first-order chi connectivity index (χ1) is 10.3. The first-order valence-electron chi connectivity index (χ1n) is 6.92. The van der Waals surface area contributed by atoms with E-state index in [0.29, 0.717) is 25.4 Å². The van der Waals surface area contributed by atoms with Crippen molar-refractivity contribution < 1.29 is 9.13 Å². The number of anilines is 2. The van der Waals surface area contributed by atoms with Crippen LogP contribution < -0.4 is 10.2 Å². The molecule has 21 heavy (non-hydrogen) atoms. The molecular formula is C15H20FN3OS. The fourth-order valence-electron chi connectivity index (χ4n) is 1.97. The van der Waals surface area contributed by atoms with E-state index >= 15 is 0 Å². The smallest absolute Gasteiger partial charge is 0.190 e. The third-order valence-electron chi connectivity index (χ3n) is 3.02. The molecule has 0 aliphatic carbocycles. The minimum atomic E-state index is -0.227. The Morgan fingerprint density at radius 3 is 2.90 bits per heavy atom. The molecular weight excluding hydrogens is 289 g/mol. The van der Waals surface area contributed by atoms with E-state index in [2.05, 4.69) is 10.3 Å². The molecule has 1 aromatic heterocycles. The van der Waals surface area contributed by atoms with Crippen LogP contribution in [0.15, 0.2) is 29.6 Å². The number of methoxy groups -OCH3 is 1. The number of benzene rings is 1. The molecule has 0 bridgehead atoms. The van der Waals surface area contributed by atoms with Crippen LogP contribution in [0.5, 0.6) is 0 Å². The van der Waals surface area contributed by atoms with Crippen molar-refractivity contribution >= 4 is 22.2 Å². The number of halogens is 1. The molecule has 0 aliphatic rings. The molecule has 0 unspecified atom stereocenters. The second-order valence-corrected chi connectivity index (χ2v) is 5.32. The molecule has 4 nitrogen and oxygen atoms in total. The minimum absolute atomic E-state index is 0.227. The summed E-state index contributed by atoms with van der Waals surface area (Å²) in [4.78, 5) is 6.46. The van der Waals surface area contributed by atoms with E-state index in [1.807, 2.05) is 23.3 Å². The van der Waals surface area contributed by atoms with E-state index in [9.17, 15) is 4.39 Å². The second-order valence-electron chi connectivity index (χ2n) is 4.49. The number of aromatic nitrogens is 1. The number of thiazole rings is 1. The monoisotopic (exact) mass is 309 g/mol. The Kier molecular flexibility index (Phi) is 6.10. The summed E-state index contributed by atoms with van der Waals surface area (Å²) in [5, 5.41) is 6.06. The largest absolute Gasteiger partial charge is 0.383 e. The number of rotatable bonds is 8.